The highest BCUT2D eigenvalue weighted by molar-refractivity contribution is 5.77. The molecule has 1 heterocycles. The van der Waals surface area contributed by atoms with Crippen molar-refractivity contribution >= 4 is 5.91 Å². The van der Waals surface area contributed by atoms with Gasteiger partial charge in [-0.1, -0.05) is 25.0 Å². The molecule has 3 rings (SSSR count). The minimum absolute atomic E-state index is 0.0462. The smallest absolute Gasteiger partial charge is 0.246 e. The van der Waals surface area contributed by atoms with Gasteiger partial charge in [-0.05, 0) is 36.5 Å². The van der Waals surface area contributed by atoms with E-state index in [4.69, 9.17) is 9.57 Å². The Labute approximate surface area is 119 Å². The van der Waals surface area contributed by atoms with Gasteiger partial charge in [0.1, 0.15) is 5.75 Å². The summed E-state index contributed by atoms with van der Waals surface area (Å²) in [6, 6.07) is 6.26. The molecule has 20 heavy (non-hydrogen) atoms. The lowest BCUT2D eigenvalue weighted by molar-refractivity contribution is -0.137. The third kappa shape index (κ3) is 3.12. The van der Waals surface area contributed by atoms with Gasteiger partial charge in [-0.25, -0.2) is 5.48 Å². The molecule has 1 fully saturated rings. The first-order valence-corrected chi connectivity index (χ1v) is 7.49. The summed E-state index contributed by atoms with van der Waals surface area (Å²) in [5.41, 5.74) is 5.09. The van der Waals surface area contributed by atoms with E-state index in [9.17, 15) is 4.79 Å². The molecule has 1 aromatic rings. The molecule has 0 saturated heterocycles. The van der Waals surface area contributed by atoms with E-state index >= 15 is 0 Å². The molecule has 1 aromatic carbocycles. The number of carbonyl (C=O) groups is 1. The number of nitrogens with one attached hydrogen (secondary N) is 1. The molecule has 0 aromatic heterocycles. The van der Waals surface area contributed by atoms with E-state index < -0.39 is 0 Å². The summed E-state index contributed by atoms with van der Waals surface area (Å²) < 4.78 is 5.48. The van der Waals surface area contributed by atoms with Gasteiger partial charge < -0.3 is 4.74 Å². The molecule has 2 aliphatic rings. The van der Waals surface area contributed by atoms with Gasteiger partial charge in [0.05, 0.1) is 13.2 Å². The maximum atomic E-state index is 11.8. The second kappa shape index (κ2) is 6.27. The Morgan fingerprint density at radius 1 is 1.35 bits per heavy atom. The highest BCUT2D eigenvalue weighted by atomic mass is 16.6. The van der Waals surface area contributed by atoms with Crippen molar-refractivity contribution in [1.29, 1.82) is 0 Å². The van der Waals surface area contributed by atoms with Crippen molar-refractivity contribution in [1.82, 2.24) is 5.48 Å². The van der Waals surface area contributed by atoms with Crippen LogP contribution in [0.4, 0.5) is 0 Å². The van der Waals surface area contributed by atoms with Crippen LogP contribution in [-0.2, 0) is 22.5 Å². The third-order valence-electron chi connectivity index (χ3n) is 4.15. The molecule has 1 aliphatic carbocycles. The van der Waals surface area contributed by atoms with Crippen molar-refractivity contribution in [3.05, 3.63) is 29.3 Å². The number of hydroxylamine groups is 1. The Kier molecular flexibility index (Phi) is 4.21. The molecule has 1 saturated carbocycles. The lowest BCUT2D eigenvalue weighted by Crippen LogP contribution is -2.30. The van der Waals surface area contributed by atoms with E-state index in [1.807, 2.05) is 6.07 Å². The molecular formula is C16H21NO3. The fraction of sp³-hybridized carbons (Fsp3) is 0.562. The van der Waals surface area contributed by atoms with Gasteiger partial charge in [-0.2, -0.15) is 0 Å². The third-order valence-corrected chi connectivity index (χ3v) is 4.15. The minimum Gasteiger partial charge on any atom is -0.493 e. The average Bonchev–Trinajstić information content (AvgIpc) is 3.13. The molecule has 0 radical (unpaired) electrons. The van der Waals surface area contributed by atoms with Crippen LogP contribution in [0.1, 0.15) is 36.8 Å². The van der Waals surface area contributed by atoms with E-state index in [2.05, 4.69) is 17.6 Å². The van der Waals surface area contributed by atoms with Crippen molar-refractivity contribution in [2.24, 2.45) is 5.92 Å². The topological polar surface area (TPSA) is 47.6 Å². The van der Waals surface area contributed by atoms with E-state index in [0.29, 0.717) is 6.61 Å². The molecule has 1 amide bonds. The predicted molar refractivity (Wildman–Crippen MR) is 75.4 cm³/mol. The Morgan fingerprint density at radius 3 is 3.05 bits per heavy atom. The zero-order valence-corrected chi connectivity index (χ0v) is 11.7. The summed E-state index contributed by atoms with van der Waals surface area (Å²) in [5, 5.41) is 0. The van der Waals surface area contributed by atoms with E-state index in [1.54, 1.807) is 0 Å². The highest BCUT2D eigenvalue weighted by Crippen LogP contribution is 2.26. The first-order chi connectivity index (χ1) is 9.83. The van der Waals surface area contributed by atoms with Crippen LogP contribution in [0.2, 0.25) is 0 Å². The molecule has 108 valence electrons. The first-order valence-electron chi connectivity index (χ1n) is 7.49. The van der Waals surface area contributed by atoms with Gasteiger partial charge in [0.15, 0.2) is 0 Å². The van der Waals surface area contributed by atoms with Gasteiger partial charge in [0.25, 0.3) is 0 Å². The van der Waals surface area contributed by atoms with Crippen molar-refractivity contribution in [3.8, 4) is 5.75 Å². The molecule has 0 spiro atoms. The van der Waals surface area contributed by atoms with Crippen LogP contribution >= 0.6 is 0 Å². The van der Waals surface area contributed by atoms with Crippen molar-refractivity contribution in [2.45, 2.75) is 38.5 Å². The summed E-state index contributed by atoms with van der Waals surface area (Å²) >= 11 is 0. The zero-order valence-electron chi connectivity index (χ0n) is 11.7. The van der Waals surface area contributed by atoms with Crippen LogP contribution in [0.15, 0.2) is 18.2 Å². The molecular weight excluding hydrogens is 254 g/mol. The van der Waals surface area contributed by atoms with Crippen molar-refractivity contribution in [3.63, 3.8) is 0 Å². The van der Waals surface area contributed by atoms with Crippen LogP contribution in [0.5, 0.6) is 5.75 Å². The number of ether oxygens (including phenoxy) is 1. The van der Waals surface area contributed by atoms with Gasteiger partial charge in [-0.15, -0.1) is 0 Å². The fourth-order valence-corrected chi connectivity index (χ4v) is 2.96. The Bertz CT molecular complexity index is 481. The minimum atomic E-state index is 0.0462. The number of fused-ring (bicyclic) bond motifs is 1. The molecule has 1 N–H and O–H groups in total. The number of carbonyl (C=O) groups excluding carboxylic acids is 1. The second-order valence-corrected chi connectivity index (χ2v) is 5.59. The molecule has 0 bridgehead atoms. The summed E-state index contributed by atoms with van der Waals surface area (Å²) in [6.45, 7) is 1.30. The lowest BCUT2D eigenvalue weighted by atomic mass is 10.1. The van der Waals surface area contributed by atoms with Gasteiger partial charge >= 0.3 is 0 Å². The predicted octanol–water partition coefficient (Wildman–Crippen LogP) is 2.40. The van der Waals surface area contributed by atoms with E-state index in [0.717, 1.165) is 50.9 Å². The van der Waals surface area contributed by atoms with E-state index in [-0.39, 0.29) is 11.8 Å². The summed E-state index contributed by atoms with van der Waals surface area (Å²) in [5.74, 6) is 1.21. The summed E-state index contributed by atoms with van der Waals surface area (Å²) in [6.07, 6.45) is 6.12. The van der Waals surface area contributed by atoms with E-state index in [1.165, 1.54) is 11.1 Å². The van der Waals surface area contributed by atoms with Crippen LogP contribution in [0.25, 0.3) is 0 Å². The van der Waals surface area contributed by atoms with Crippen LogP contribution < -0.4 is 10.2 Å². The number of rotatable bonds is 5. The second-order valence-electron chi connectivity index (χ2n) is 5.59. The average molecular weight is 275 g/mol. The van der Waals surface area contributed by atoms with Crippen LogP contribution in [0, 0.1) is 5.92 Å². The molecule has 1 aliphatic heterocycles. The molecule has 4 heteroatoms. The Morgan fingerprint density at radius 2 is 2.20 bits per heavy atom. The SMILES string of the molecule is O=C(NOCCc1ccc2c(c1)CCO2)C1CCCC1. The maximum absolute atomic E-state index is 11.8. The van der Waals surface area contributed by atoms with Crippen LogP contribution in [-0.4, -0.2) is 19.1 Å². The Balaban J connectivity index is 1.40. The molecule has 0 atom stereocenters. The largest absolute Gasteiger partial charge is 0.493 e. The zero-order chi connectivity index (χ0) is 13.8. The molecule has 0 unspecified atom stereocenters. The maximum Gasteiger partial charge on any atom is 0.246 e. The van der Waals surface area contributed by atoms with Crippen molar-refractivity contribution < 1.29 is 14.4 Å². The summed E-state index contributed by atoms with van der Waals surface area (Å²) in [4.78, 5) is 17.1. The number of hydrogen-bond donors (Lipinski definition) is 1. The monoisotopic (exact) mass is 275 g/mol. The quantitative estimate of drug-likeness (QED) is 0.663. The van der Waals surface area contributed by atoms with Gasteiger partial charge in [0.2, 0.25) is 5.91 Å². The number of benzene rings is 1. The van der Waals surface area contributed by atoms with Gasteiger partial charge in [0, 0.05) is 12.3 Å². The van der Waals surface area contributed by atoms with Gasteiger partial charge in [-0.3, -0.25) is 9.63 Å². The Hall–Kier alpha value is -1.55. The molecule has 4 nitrogen and oxygen atoms in total. The summed E-state index contributed by atoms with van der Waals surface area (Å²) in [7, 11) is 0. The fourth-order valence-electron chi connectivity index (χ4n) is 2.96. The standard InChI is InChI=1S/C16H21NO3/c18-16(13-3-1-2-4-13)17-20-10-7-12-5-6-15-14(11-12)8-9-19-15/h5-6,11,13H,1-4,7-10H2,(H,17,18). The van der Waals surface area contributed by atoms with Crippen molar-refractivity contribution in [2.75, 3.05) is 13.2 Å². The number of amides is 1. The highest BCUT2D eigenvalue weighted by Gasteiger charge is 2.22. The number of hydrogen-bond acceptors (Lipinski definition) is 3. The van der Waals surface area contributed by atoms with Crippen LogP contribution in [0.3, 0.4) is 0 Å². The lowest BCUT2D eigenvalue weighted by Gasteiger charge is -2.10. The first kappa shape index (κ1) is 13.4. The normalized spacial score (nSPS) is 17.8.